The molecule has 0 saturated carbocycles. The van der Waals surface area contributed by atoms with E-state index in [1.807, 2.05) is 29.9 Å². The Morgan fingerprint density at radius 1 is 1.17 bits per heavy atom. The summed E-state index contributed by atoms with van der Waals surface area (Å²) in [4.78, 5) is 8.88. The lowest BCUT2D eigenvalue weighted by Crippen LogP contribution is -2.38. The summed E-state index contributed by atoms with van der Waals surface area (Å²) in [6.45, 7) is 4.98. The number of aliphatic imine (C=N–C) groups is 1. The topological polar surface area (TPSA) is 76.4 Å². The van der Waals surface area contributed by atoms with Gasteiger partial charge in [-0.3, -0.25) is 4.68 Å². The molecule has 0 spiro atoms. The number of guanidine groups is 1. The van der Waals surface area contributed by atoms with Crippen LogP contribution in [-0.2, 0) is 13.1 Å². The van der Waals surface area contributed by atoms with E-state index in [1.165, 1.54) is 12.1 Å². The molecule has 0 atom stereocenters. The summed E-state index contributed by atoms with van der Waals surface area (Å²) < 4.78 is 20.5. The molecule has 160 valence electrons. The van der Waals surface area contributed by atoms with Crippen LogP contribution in [0.15, 0.2) is 66.0 Å². The van der Waals surface area contributed by atoms with Crippen molar-refractivity contribution >= 4 is 29.9 Å². The molecule has 3 rings (SSSR count). The van der Waals surface area contributed by atoms with E-state index in [9.17, 15) is 4.39 Å². The van der Waals surface area contributed by atoms with Gasteiger partial charge in [0.2, 0.25) is 5.88 Å². The zero-order chi connectivity index (χ0) is 20.3. The summed E-state index contributed by atoms with van der Waals surface area (Å²) in [5.41, 5.74) is 0.963. The average molecular weight is 524 g/mol. The van der Waals surface area contributed by atoms with Crippen molar-refractivity contribution in [2.45, 2.75) is 26.4 Å². The second-order valence-electron chi connectivity index (χ2n) is 6.31. The number of nitrogens with zero attached hydrogens (tertiary/aromatic N) is 4. The van der Waals surface area contributed by atoms with Crippen LogP contribution in [0.4, 0.5) is 4.39 Å². The van der Waals surface area contributed by atoms with Crippen molar-refractivity contribution in [1.82, 2.24) is 25.4 Å². The van der Waals surface area contributed by atoms with Gasteiger partial charge in [0.15, 0.2) is 5.96 Å². The van der Waals surface area contributed by atoms with Gasteiger partial charge in [-0.2, -0.15) is 5.10 Å². The van der Waals surface area contributed by atoms with Gasteiger partial charge < -0.3 is 15.4 Å². The van der Waals surface area contributed by atoms with Gasteiger partial charge in [-0.1, -0.05) is 6.07 Å². The van der Waals surface area contributed by atoms with Crippen LogP contribution in [0.5, 0.6) is 11.6 Å². The van der Waals surface area contributed by atoms with Gasteiger partial charge in [0.05, 0.1) is 6.54 Å². The smallest absolute Gasteiger partial charge is 0.219 e. The van der Waals surface area contributed by atoms with Crippen LogP contribution in [-0.4, -0.2) is 33.8 Å². The molecule has 0 fully saturated rings. The molecule has 7 nitrogen and oxygen atoms in total. The molecule has 0 aliphatic heterocycles. The minimum atomic E-state index is -0.301. The first-order chi connectivity index (χ1) is 14.2. The average Bonchev–Trinajstić information content (AvgIpc) is 3.25. The third kappa shape index (κ3) is 7.97. The van der Waals surface area contributed by atoms with Gasteiger partial charge in [0, 0.05) is 44.3 Å². The summed E-state index contributed by atoms with van der Waals surface area (Å²) in [5, 5.41) is 10.8. The summed E-state index contributed by atoms with van der Waals surface area (Å²) in [5.74, 6) is 1.45. The maximum atomic E-state index is 12.9. The fraction of sp³-hybridized carbons (Fsp3) is 0.286. The summed E-state index contributed by atoms with van der Waals surface area (Å²) in [6, 6.07) is 11.4. The normalized spacial score (nSPS) is 10.9. The van der Waals surface area contributed by atoms with Gasteiger partial charge in [-0.15, -0.1) is 24.0 Å². The maximum absolute atomic E-state index is 12.9. The van der Waals surface area contributed by atoms with Crippen molar-refractivity contribution in [1.29, 1.82) is 0 Å². The van der Waals surface area contributed by atoms with E-state index in [2.05, 4.69) is 25.7 Å². The Balaban J connectivity index is 0.00000320. The van der Waals surface area contributed by atoms with Crippen LogP contribution in [0.2, 0.25) is 0 Å². The minimum absolute atomic E-state index is 0. The minimum Gasteiger partial charge on any atom is -0.439 e. The SMILES string of the molecule is CCNC(=NCc1ccc(Oc2ccc(F)cc2)nc1)NCCCn1cccn1.I. The van der Waals surface area contributed by atoms with Gasteiger partial charge in [-0.25, -0.2) is 14.4 Å². The first-order valence-electron chi connectivity index (χ1n) is 9.61. The third-order valence-corrected chi connectivity index (χ3v) is 4.01. The van der Waals surface area contributed by atoms with E-state index in [0.29, 0.717) is 18.2 Å². The van der Waals surface area contributed by atoms with E-state index in [0.717, 1.165) is 37.6 Å². The molecule has 2 heterocycles. The summed E-state index contributed by atoms with van der Waals surface area (Å²) in [7, 11) is 0. The largest absolute Gasteiger partial charge is 0.439 e. The number of halogens is 2. The molecule has 0 radical (unpaired) electrons. The number of benzene rings is 1. The van der Waals surface area contributed by atoms with Crippen molar-refractivity contribution in [3.63, 3.8) is 0 Å². The molecule has 0 unspecified atom stereocenters. The van der Waals surface area contributed by atoms with Crippen molar-refractivity contribution in [2.24, 2.45) is 4.99 Å². The Kier molecular flexibility index (Phi) is 10.1. The van der Waals surface area contributed by atoms with Gasteiger partial charge in [-0.05, 0) is 49.2 Å². The van der Waals surface area contributed by atoms with E-state index in [4.69, 9.17) is 4.74 Å². The number of ether oxygens (including phenoxy) is 1. The van der Waals surface area contributed by atoms with Crippen LogP contribution >= 0.6 is 24.0 Å². The molecule has 0 aliphatic carbocycles. The van der Waals surface area contributed by atoms with Gasteiger partial charge >= 0.3 is 0 Å². The maximum Gasteiger partial charge on any atom is 0.219 e. The summed E-state index contributed by atoms with van der Waals surface area (Å²) in [6.07, 6.45) is 6.41. The molecular weight excluding hydrogens is 498 g/mol. The predicted octanol–water partition coefficient (Wildman–Crippen LogP) is 3.97. The molecule has 2 aromatic heterocycles. The standard InChI is InChI=1S/C21H25FN6O.HI/c1-2-23-21(24-11-3-13-28-14-4-12-27-28)26-16-17-5-10-20(25-15-17)29-19-8-6-18(22)7-9-19;/h4-10,12,14-15H,2-3,11,13,16H2,1H3,(H2,23,24,26);1H. The van der Waals surface area contributed by atoms with Crippen molar-refractivity contribution in [2.75, 3.05) is 13.1 Å². The highest BCUT2D eigenvalue weighted by molar-refractivity contribution is 14.0. The lowest BCUT2D eigenvalue weighted by Gasteiger charge is -2.11. The highest BCUT2D eigenvalue weighted by Crippen LogP contribution is 2.19. The van der Waals surface area contributed by atoms with Crippen molar-refractivity contribution < 1.29 is 9.13 Å². The number of aromatic nitrogens is 3. The monoisotopic (exact) mass is 524 g/mol. The van der Waals surface area contributed by atoms with Crippen LogP contribution in [0.1, 0.15) is 18.9 Å². The van der Waals surface area contributed by atoms with Crippen LogP contribution in [0.3, 0.4) is 0 Å². The fourth-order valence-electron chi connectivity index (χ4n) is 2.58. The molecule has 0 amide bonds. The first-order valence-corrected chi connectivity index (χ1v) is 9.61. The Morgan fingerprint density at radius 3 is 2.67 bits per heavy atom. The first kappa shape index (κ1) is 23.6. The second kappa shape index (κ2) is 12.8. The lowest BCUT2D eigenvalue weighted by atomic mass is 10.3. The number of aryl methyl sites for hydroxylation is 1. The molecule has 1 aromatic carbocycles. The van der Waals surface area contributed by atoms with E-state index < -0.39 is 0 Å². The van der Waals surface area contributed by atoms with E-state index in [-0.39, 0.29) is 29.8 Å². The van der Waals surface area contributed by atoms with E-state index >= 15 is 0 Å². The lowest BCUT2D eigenvalue weighted by molar-refractivity contribution is 0.461. The fourth-order valence-corrected chi connectivity index (χ4v) is 2.58. The quantitative estimate of drug-likeness (QED) is 0.192. The molecule has 3 aromatic rings. The highest BCUT2D eigenvalue weighted by atomic mass is 127. The molecular formula is C21H26FIN6O. The van der Waals surface area contributed by atoms with Crippen LogP contribution < -0.4 is 15.4 Å². The number of hydrogen-bond donors (Lipinski definition) is 2. The van der Waals surface area contributed by atoms with Crippen molar-refractivity contribution in [3.8, 4) is 11.6 Å². The Bertz CT molecular complexity index is 885. The van der Waals surface area contributed by atoms with Crippen LogP contribution in [0, 0.1) is 5.82 Å². The Morgan fingerprint density at radius 2 is 2.00 bits per heavy atom. The van der Waals surface area contributed by atoms with E-state index in [1.54, 1.807) is 30.6 Å². The predicted molar refractivity (Wildman–Crippen MR) is 126 cm³/mol. The molecule has 9 heteroatoms. The Hall–Kier alpha value is -2.69. The molecule has 0 saturated heterocycles. The zero-order valence-electron chi connectivity index (χ0n) is 16.8. The van der Waals surface area contributed by atoms with Crippen LogP contribution in [0.25, 0.3) is 0 Å². The molecule has 30 heavy (non-hydrogen) atoms. The number of rotatable bonds is 9. The number of pyridine rings is 1. The molecule has 0 bridgehead atoms. The van der Waals surface area contributed by atoms with Gasteiger partial charge in [0.1, 0.15) is 11.6 Å². The zero-order valence-corrected chi connectivity index (χ0v) is 19.1. The Labute approximate surface area is 192 Å². The number of nitrogens with one attached hydrogen (secondary N) is 2. The van der Waals surface area contributed by atoms with Gasteiger partial charge in [0.25, 0.3) is 0 Å². The highest BCUT2D eigenvalue weighted by Gasteiger charge is 2.02. The summed E-state index contributed by atoms with van der Waals surface area (Å²) >= 11 is 0. The molecule has 2 N–H and O–H groups in total. The third-order valence-electron chi connectivity index (χ3n) is 4.01. The number of hydrogen-bond acceptors (Lipinski definition) is 4. The molecule has 0 aliphatic rings. The second-order valence-corrected chi connectivity index (χ2v) is 6.31. The van der Waals surface area contributed by atoms with Crippen molar-refractivity contribution in [3.05, 3.63) is 72.4 Å².